The summed E-state index contributed by atoms with van der Waals surface area (Å²) >= 11 is 3.32. The quantitative estimate of drug-likeness (QED) is 0.441. The minimum Gasteiger partial charge on any atom is -0.466 e. The lowest BCUT2D eigenvalue weighted by molar-refractivity contribution is -0.143. The van der Waals surface area contributed by atoms with Gasteiger partial charge in [0, 0.05) is 6.42 Å². The molecule has 1 heterocycles. The van der Waals surface area contributed by atoms with E-state index in [9.17, 15) is 9.18 Å². The molecule has 0 aliphatic heterocycles. The van der Waals surface area contributed by atoms with Gasteiger partial charge < -0.3 is 4.74 Å². The van der Waals surface area contributed by atoms with Gasteiger partial charge in [-0.1, -0.05) is 11.3 Å². The van der Waals surface area contributed by atoms with Crippen molar-refractivity contribution in [2.75, 3.05) is 6.61 Å². The van der Waals surface area contributed by atoms with Gasteiger partial charge in [0.05, 0.1) is 9.49 Å². The van der Waals surface area contributed by atoms with Crippen molar-refractivity contribution in [2.24, 2.45) is 0 Å². The summed E-state index contributed by atoms with van der Waals surface area (Å²) in [6.07, 6.45) is 2.98. The molecule has 1 aromatic heterocycles. The summed E-state index contributed by atoms with van der Waals surface area (Å²) in [5, 5.41) is -0.134. The Hall–Kier alpha value is -0.170. The van der Waals surface area contributed by atoms with Crippen molar-refractivity contribution < 1.29 is 13.9 Å². The van der Waals surface area contributed by atoms with Gasteiger partial charge in [-0.25, -0.2) is 0 Å². The lowest BCUT2D eigenvalue weighted by atomic mass is 10.1. The van der Waals surface area contributed by atoms with Crippen molar-refractivity contribution in [3.05, 3.63) is 19.6 Å². The second-order valence-corrected chi connectivity index (χ2v) is 6.17. The summed E-state index contributed by atoms with van der Waals surface area (Å²) in [6, 6.07) is 1.58. The summed E-state index contributed by atoms with van der Waals surface area (Å²) < 4.78 is 18.7. The number of aryl methyl sites for hydroxylation is 1. The molecule has 0 fully saturated rings. The number of halogens is 2. The van der Waals surface area contributed by atoms with Crippen LogP contribution in [0.1, 0.15) is 31.7 Å². The number of ether oxygens (including phenoxy) is 1. The second-order valence-electron chi connectivity index (χ2n) is 3.36. The van der Waals surface area contributed by atoms with E-state index in [0.717, 1.165) is 27.7 Å². The third-order valence-electron chi connectivity index (χ3n) is 2.11. The number of unbranched alkanes of at least 4 members (excludes halogenated alkanes) is 1. The Balaban J connectivity index is 2.21. The van der Waals surface area contributed by atoms with E-state index in [4.69, 9.17) is 4.74 Å². The molecule has 1 aromatic rings. The first kappa shape index (κ1) is 13.9. The molecule has 16 heavy (non-hydrogen) atoms. The van der Waals surface area contributed by atoms with E-state index in [1.807, 2.05) is 0 Å². The smallest absolute Gasteiger partial charge is 0.305 e. The monoisotopic (exact) mass is 356 g/mol. The minimum absolute atomic E-state index is 0.134. The summed E-state index contributed by atoms with van der Waals surface area (Å²) in [5.41, 5.74) is 1.05. The third kappa shape index (κ3) is 4.78. The zero-order valence-corrected chi connectivity index (χ0v) is 12.1. The summed E-state index contributed by atoms with van der Waals surface area (Å²) in [7, 11) is 0. The number of hydrogen-bond donors (Lipinski definition) is 0. The van der Waals surface area contributed by atoms with E-state index < -0.39 is 0 Å². The van der Waals surface area contributed by atoms with Gasteiger partial charge in [0.2, 0.25) is 0 Å². The van der Waals surface area contributed by atoms with E-state index in [2.05, 4.69) is 22.6 Å². The highest BCUT2D eigenvalue weighted by Gasteiger charge is 2.07. The number of carbonyl (C=O) groups is 1. The third-order valence-corrected chi connectivity index (χ3v) is 4.22. The molecule has 0 unspecified atom stereocenters. The molecule has 90 valence electrons. The molecule has 0 bridgehead atoms. The van der Waals surface area contributed by atoms with Crippen LogP contribution in [-0.2, 0) is 16.0 Å². The minimum atomic E-state index is -0.145. The standard InChI is InChI=1S/C11H14FIO2S/c1-2-15-10(14)6-4-3-5-8-7-9(12)16-11(8)13/h7H,2-6H2,1H3. The van der Waals surface area contributed by atoms with Crippen LogP contribution < -0.4 is 0 Å². The zero-order valence-electron chi connectivity index (χ0n) is 9.09. The molecule has 2 nitrogen and oxygen atoms in total. The number of hydrogen-bond acceptors (Lipinski definition) is 3. The SMILES string of the molecule is CCOC(=O)CCCCc1cc(F)sc1I. The van der Waals surface area contributed by atoms with Crippen molar-refractivity contribution in [3.8, 4) is 0 Å². The summed E-state index contributed by atoms with van der Waals surface area (Å²) in [6.45, 7) is 2.24. The van der Waals surface area contributed by atoms with Crippen LogP contribution >= 0.6 is 33.9 Å². The fourth-order valence-electron chi connectivity index (χ4n) is 1.36. The maximum Gasteiger partial charge on any atom is 0.305 e. The largest absolute Gasteiger partial charge is 0.466 e. The number of thiophene rings is 1. The van der Waals surface area contributed by atoms with Gasteiger partial charge in [0.15, 0.2) is 5.13 Å². The zero-order chi connectivity index (χ0) is 12.0. The molecule has 0 amide bonds. The molecule has 0 atom stereocenters. The Morgan fingerprint density at radius 2 is 2.31 bits per heavy atom. The highest BCUT2D eigenvalue weighted by Crippen LogP contribution is 2.24. The Morgan fingerprint density at radius 3 is 2.88 bits per heavy atom. The molecule has 5 heteroatoms. The highest BCUT2D eigenvalue weighted by atomic mass is 127. The Bertz CT molecular complexity index is 352. The van der Waals surface area contributed by atoms with E-state index in [1.165, 1.54) is 11.3 Å². The van der Waals surface area contributed by atoms with E-state index in [1.54, 1.807) is 13.0 Å². The van der Waals surface area contributed by atoms with E-state index in [0.29, 0.717) is 13.0 Å². The highest BCUT2D eigenvalue weighted by molar-refractivity contribution is 14.1. The fraction of sp³-hybridized carbons (Fsp3) is 0.545. The summed E-state index contributed by atoms with van der Waals surface area (Å²) in [5.74, 6) is -0.145. The molecule has 0 N–H and O–H groups in total. The molecule has 0 aliphatic rings. The van der Waals surface area contributed by atoms with Gasteiger partial charge in [-0.15, -0.1) is 0 Å². The van der Waals surface area contributed by atoms with E-state index in [-0.39, 0.29) is 11.1 Å². The van der Waals surface area contributed by atoms with Crippen LogP contribution in [0.3, 0.4) is 0 Å². The average Bonchev–Trinajstić information content (AvgIpc) is 2.53. The van der Waals surface area contributed by atoms with Gasteiger partial charge >= 0.3 is 5.97 Å². The lowest BCUT2D eigenvalue weighted by Gasteiger charge is -2.01. The van der Waals surface area contributed by atoms with Gasteiger partial charge in [-0.3, -0.25) is 4.79 Å². The first-order chi connectivity index (χ1) is 7.63. The molecule has 0 aromatic carbocycles. The topological polar surface area (TPSA) is 26.3 Å². The Kier molecular flexibility index (Phi) is 6.26. The Morgan fingerprint density at radius 1 is 1.56 bits per heavy atom. The first-order valence-electron chi connectivity index (χ1n) is 5.22. The van der Waals surface area contributed by atoms with Crippen molar-refractivity contribution >= 4 is 39.9 Å². The van der Waals surface area contributed by atoms with Gasteiger partial charge in [-0.05, 0) is 60.4 Å². The molecule has 1 rings (SSSR count). The predicted molar refractivity (Wildman–Crippen MR) is 71.2 cm³/mol. The van der Waals surface area contributed by atoms with E-state index >= 15 is 0 Å². The van der Waals surface area contributed by atoms with Crippen molar-refractivity contribution in [1.29, 1.82) is 0 Å². The number of carbonyl (C=O) groups excluding carboxylic acids is 1. The fourth-order valence-corrected chi connectivity index (χ4v) is 3.08. The van der Waals surface area contributed by atoms with Crippen molar-refractivity contribution in [3.63, 3.8) is 0 Å². The lowest BCUT2D eigenvalue weighted by Crippen LogP contribution is -2.03. The van der Waals surface area contributed by atoms with Crippen LogP contribution in [0.2, 0.25) is 0 Å². The van der Waals surface area contributed by atoms with Crippen LogP contribution in [0.4, 0.5) is 4.39 Å². The molecule has 0 radical (unpaired) electrons. The number of esters is 1. The van der Waals surface area contributed by atoms with Gasteiger partial charge in [0.25, 0.3) is 0 Å². The predicted octanol–water partition coefficient (Wildman–Crippen LogP) is 3.77. The average molecular weight is 356 g/mol. The Labute approximate surface area is 112 Å². The normalized spacial score (nSPS) is 10.4. The number of rotatable bonds is 6. The van der Waals surface area contributed by atoms with Gasteiger partial charge in [-0.2, -0.15) is 4.39 Å². The van der Waals surface area contributed by atoms with Crippen LogP contribution in [0.15, 0.2) is 6.07 Å². The van der Waals surface area contributed by atoms with Crippen LogP contribution in [0.25, 0.3) is 0 Å². The second kappa shape index (κ2) is 7.21. The molecule has 0 saturated heterocycles. The maximum absolute atomic E-state index is 12.9. The van der Waals surface area contributed by atoms with Gasteiger partial charge in [0.1, 0.15) is 0 Å². The molecular formula is C11H14FIO2S. The van der Waals surface area contributed by atoms with Crippen LogP contribution in [0, 0.1) is 8.01 Å². The first-order valence-corrected chi connectivity index (χ1v) is 7.12. The maximum atomic E-state index is 12.9. The van der Waals surface area contributed by atoms with Crippen molar-refractivity contribution in [1.82, 2.24) is 0 Å². The molecule has 0 aliphatic carbocycles. The molecule has 0 spiro atoms. The molecular weight excluding hydrogens is 342 g/mol. The molecule has 0 saturated carbocycles. The summed E-state index contributed by atoms with van der Waals surface area (Å²) in [4.78, 5) is 11.0. The van der Waals surface area contributed by atoms with Crippen molar-refractivity contribution in [2.45, 2.75) is 32.6 Å². The van der Waals surface area contributed by atoms with Crippen LogP contribution in [0.5, 0.6) is 0 Å². The van der Waals surface area contributed by atoms with Crippen LogP contribution in [-0.4, -0.2) is 12.6 Å².